The van der Waals surface area contributed by atoms with Crippen LogP contribution in [0.5, 0.6) is 0 Å². The molecule has 78 valence electrons. The molecule has 0 aromatic carbocycles. The highest BCUT2D eigenvalue weighted by Gasteiger charge is 2.09. The number of pyridine rings is 1. The van der Waals surface area contributed by atoms with E-state index in [9.17, 15) is 0 Å². The fraction of sp³-hybridized carbons (Fsp3) is 0.500. The Kier molecular flexibility index (Phi) is 4.66. The van der Waals surface area contributed by atoms with Crippen molar-refractivity contribution in [3.8, 4) is 0 Å². The molecular weight excluding hydrogens is 219 g/mol. The molecule has 4 heteroatoms. The van der Waals surface area contributed by atoms with Crippen LogP contribution < -0.4 is 0 Å². The van der Waals surface area contributed by atoms with Gasteiger partial charge in [0.2, 0.25) is 0 Å². The van der Waals surface area contributed by atoms with Crippen molar-refractivity contribution in [2.45, 2.75) is 11.8 Å². The van der Waals surface area contributed by atoms with Gasteiger partial charge < -0.3 is 4.90 Å². The Balaban J connectivity index is 2.56. The molecule has 0 fully saturated rings. The number of hydrogen-bond donors (Lipinski definition) is 0. The third-order valence-electron chi connectivity index (χ3n) is 1.89. The van der Waals surface area contributed by atoms with Gasteiger partial charge in [0, 0.05) is 11.2 Å². The van der Waals surface area contributed by atoms with E-state index in [1.807, 2.05) is 20.2 Å². The van der Waals surface area contributed by atoms with Gasteiger partial charge in [0.25, 0.3) is 0 Å². The van der Waals surface area contributed by atoms with Gasteiger partial charge in [-0.3, -0.25) is 4.98 Å². The number of rotatable bonds is 4. The van der Waals surface area contributed by atoms with E-state index < -0.39 is 0 Å². The third kappa shape index (κ3) is 3.82. The van der Waals surface area contributed by atoms with Gasteiger partial charge in [0.15, 0.2) is 0 Å². The lowest BCUT2D eigenvalue weighted by Gasteiger charge is -2.13. The predicted molar refractivity (Wildman–Crippen MR) is 61.0 cm³/mol. The molecule has 1 rings (SSSR count). The first kappa shape index (κ1) is 11.8. The monoisotopic (exact) mass is 232 g/mol. The number of alkyl halides is 1. The zero-order chi connectivity index (χ0) is 10.6. The predicted octanol–water partition coefficient (Wildman–Crippen LogP) is 2.97. The minimum Gasteiger partial charge on any atom is -0.309 e. The number of halogens is 2. The summed E-state index contributed by atoms with van der Waals surface area (Å²) in [5.41, 5.74) is 0.848. The van der Waals surface area contributed by atoms with Crippen LogP contribution in [-0.2, 0) is 0 Å². The van der Waals surface area contributed by atoms with Crippen LogP contribution in [-0.4, -0.2) is 30.5 Å². The topological polar surface area (TPSA) is 16.1 Å². The molecule has 1 aromatic heterocycles. The van der Waals surface area contributed by atoms with Crippen molar-refractivity contribution < 1.29 is 0 Å². The van der Waals surface area contributed by atoms with Gasteiger partial charge in [-0.1, -0.05) is 11.6 Å². The summed E-state index contributed by atoms with van der Waals surface area (Å²) in [4.78, 5) is 6.28. The summed E-state index contributed by atoms with van der Waals surface area (Å²) in [5.74, 6) is 0. The molecule has 1 heterocycles. The molecule has 1 aromatic rings. The molecule has 14 heavy (non-hydrogen) atoms. The summed E-state index contributed by atoms with van der Waals surface area (Å²) in [7, 11) is 4.05. The Morgan fingerprint density at radius 3 is 2.79 bits per heavy atom. The van der Waals surface area contributed by atoms with Crippen LogP contribution >= 0.6 is 23.2 Å². The zero-order valence-electron chi connectivity index (χ0n) is 8.37. The molecule has 0 aliphatic rings. The SMILES string of the molecule is CN(C)CCC(Cl)c1cc(Cl)ccn1. The van der Waals surface area contributed by atoms with E-state index in [1.165, 1.54) is 0 Å². The van der Waals surface area contributed by atoms with Gasteiger partial charge in [-0.25, -0.2) is 0 Å². The highest BCUT2D eigenvalue weighted by atomic mass is 35.5. The molecule has 2 nitrogen and oxygen atoms in total. The van der Waals surface area contributed by atoms with Crippen LogP contribution in [0.25, 0.3) is 0 Å². The van der Waals surface area contributed by atoms with Crippen molar-refractivity contribution in [2.24, 2.45) is 0 Å². The second-order valence-electron chi connectivity index (χ2n) is 3.46. The van der Waals surface area contributed by atoms with Crippen molar-refractivity contribution in [1.82, 2.24) is 9.88 Å². The van der Waals surface area contributed by atoms with Crippen molar-refractivity contribution >= 4 is 23.2 Å². The molecular formula is C10H14Cl2N2. The van der Waals surface area contributed by atoms with Gasteiger partial charge in [-0.2, -0.15) is 0 Å². The van der Waals surface area contributed by atoms with Crippen LogP contribution in [0.1, 0.15) is 17.5 Å². The number of aromatic nitrogens is 1. The maximum atomic E-state index is 6.17. The molecule has 1 atom stereocenters. The molecule has 0 aliphatic heterocycles. The van der Waals surface area contributed by atoms with Crippen LogP contribution in [0.15, 0.2) is 18.3 Å². The normalized spacial score (nSPS) is 13.2. The Labute approximate surface area is 94.8 Å². The summed E-state index contributed by atoms with van der Waals surface area (Å²) < 4.78 is 0. The average Bonchev–Trinajstić information content (AvgIpc) is 2.14. The standard InChI is InChI=1S/C10H14Cl2N2/c1-14(2)6-4-9(12)10-7-8(11)3-5-13-10/h3,5,7,9H,4,6H2,1-2H3. The lowest BCUT2D eigenvalue weighted by molar-refractivity contribution is 0.397. The van der Waals surface area contributed by atoms with E-state index in [0.29, 0.717) is 5.02 Å². The van der Waals surface area contributed by atoms with Crippen molar-refractivity contribution in [3.63, 3.8) is 0 Å². The van der Waals surface area contributed by atoms with Gasteiger partial charge in [-0.05, 0) is 39.2 Å². The molecule has 0 saturated heterocycles. The highest BCUT2D eigenvalue weighted by molar-refractivity contribution is 6.30. The molecule has 0 bridgehead atoms. The second kappa shape index (κ2) is 5.54. The van der Waals surface area contributed by atoms with Crippen LogP contribution in [0, 0.1) is 0 Å². The quantitative estimate of drug-likeness (QED) is 0.743. The molecule has 0 saturated carbocycles. The first-order valence-corrected chi connectivity index (χ1v) is 5.31. The summed E-state index contributed by atoms with van der Waals surface area (Å²) in [6.07, 6.45) is 2.56. The van der Waals surface area contributed by atoms with Crippen molar-refractivity contribution in [2.75, 3.05) is 20.6 Å². The summed E-state index contributed by atoms with van der Waals surface area (Å²) in [5, 5.41) is 0.626. The number of hydrogen-bond acceptors (Lipinski definition) is 2. The minimum absolute atomic E-state index is 0.0592. The lowest BCUT2D eigenvalue weighted by atomic mass is 10.2. The highest BCUT2D eigenvalue weighted by Crippen LogP contribution is 2.24. The Hall–Kier alpha value is -0.310. The third-order valence-corrected chi connectivity index (χ3v) is 2.57. The zero-order valence-corrected chi connectivity index (χ0v) is 9.89. The van der Waals surface area contributed by atoms with Crippen LogP contribution in [0.2, 0.25) is 5.02 Å². The van der Waals surface area contributed by atoms with E-state index >= 15 is 0 Å². The van der Waals surface area contributed by atoms with E-state index in [2.05, 4.69) is 9.88 Å². The fourth-order valence-electron chi connectivity index (χ4n) is 1.11. The van der Waals surface area contributed by atoms with Gasteiger partial charge in [0.05, 0.1) is 11.1 Å². The number of nitrogens with zero attached hydrogens (tertiary/aromatic N) is 2. The molecule has 0 amide bonds. The van der Waals surface area contributed by atoms with Crippen LogP contribution in [0.3, 0.4) is 0 Å². The molecule has 1 unspecified atom stereocenters. The van der Waals surface area contributed by atoms with E-state index in [1.54, 1.807) is 12.3 Å². The summed E-state index contributed by atoms with van der Waals surface area (Å²) in [6, 6.07) is 3.56. The largest absolute Gasteiger partial charge is 0.309 e. The van der Waals surface area contributed by atoms with Gasteiger partial charge in [-0.15, -0.1) is 11.6 Å². The first-order chi connectivity index (χ1) is 6.59. The Bertz CT molecular complexity index is 289. The lowest BCUT2D eigenvalue weighted by Crippen LogP contribution is -2.14. The first-order valence-electron chi connectivity index (χ1n) is 4.50. The van der Waals surface area contributed by atoms with E-state index in [-0.39, 0.29) is 5.38 Å². The molecule has 0 aliphatic carbocycles. The molecule has 0 spiro atoms. The fourth-order valence-corrected chi connectivity index (χ4v) is 1.50. The molecule has 0 N–H and O–H groups in total. The van der Waals surface area contributed by atoms with Gasteiger partial charge >= 0.3 is 0 Å². The van der Waals surface area contributed by atoms with Crippen molar-refractivity contribution in [1.29, 1.82) is 0 Å². The maximum absolute atomic E-state index is 6.17. The second-order valence-corrected chi connectivity index (χ2v) is 4.42. The molecule has 0 radical (unpaired) electrons. The minimum atomic E-state index is -0.0592. The smallest absolute Gasteiger partial charge is 0.0770 e. The Morgan fingerprint density at radius 2 is 2.21 bits per heavy atom. The summed E-state index contributed by atoms with van der Waals surface area (Å²) in [6.45, 7) is 0.947. The van der Waals surface area contributed by atoms with E-state index in [4.69, 9.17) is 23.2 Å². The maximum Gasteiger partial charge on any atom is 0.0770 e. The Morgan fingerprint density at radius 1 is 1.50 bits per heavy atom. The van der Waals surface area contributed by atoms with Gasteiger partial charge in [0.1, 0.15) is 0 Å². The van der Waals surface area contributed by atoms with E-state index in [0.717, 1.165) is 18.7 Å². The average molecular weight is 233 g/mol. The summed E-state index contributed by atoms with van der Waals surface area (Å²) >= 11 is 12.0. The van der Waals surface area contributed by atoms with Crippen LogP contribution in [0.4, 0.5) is 0 Å². The van der Waals surface area contributed by atoms with Crippen molar-refractivity contribution in [3.05, 3.63) is 29.0 Å².